The van der Waals surface area contributed by atoms with Crippen molar-refractivity contribution in [1.82, 2.24) is 0 Å². The molecule has 4 atom stereocenters. The summed E-state index contributed by atoms with van der Waals surface area (Å²) in [6.45, 7) is 9.12. The summed E-state index contributed by atoms with van der Waals surface area (Å²) in [5, 5.41) is 0. The number of hydrogen-bond acceptors (Lipinski definition) is 5. The van der Waals surface area contributed by atoms with Gasteiger partial charge >= 0.3 is 0 Å². The van der Waals surface area contributed by atoms with Crippen molar-refractivity contribution < 1.29 is 23.7 Å². The smallest absolute Gasteiger partial charge is 0.163 e. The van der Waals surface area contributed by atoms with Gasteiger partial charge in [0.15, 0.2) is 11.6 Å². The van der Waals surface area contributed by atoms with E-state index in [0.717, 1.165) is 25.7 Å². The molecule has 0 saturated carbocycles. The van der Waals surface area contributed by atoms with Crippen molar-refractivity contribution in [2.24, 2.45) is 0 Å². The van der Waals surface area contributed by atoms with Gasteiger partial charge in [-0.25, -0.2) is 0 Å². The van der Waals surface area contributed by atoms with Crippen molar-refractivity contribution in [2.75, 3.05) is 6.61 Å². The van der Waals surface area contributed by atoms with Gasteiger partial charge in [-0.1, -0.05) is 60.7 Å². The zero-order valence-electron chi connectivity index (χ0n) is 20.4. The molecule has 180 valence electrons. The topological polar surface area (TPSA) is 46.2 Å². The first kappa shape index (κ1) is 24.4. The molecule has 0 aromatic heterocycles. The zero-order chi connectivity index (χ0) is 23.3. The Kier molecular flexibility index (Phi) is 7.87. The molecule has 2 heterocycles. The predicted molar refractivity (Wildman–Crippen MR) is 128 cm³/mol. The minimum absolute atomic E-state index is 0.00423. The molecule has 0 N–H and O–H groups in total. The lowest BCUT2D eigenvalue weighted by Crippen LogP contribution is -2.50. The van der Waals surface area contributed by atoms with Crippen molar-refractivity contribution in [3.63, 3.8) is 0 Å². The van der Waals surface area contributed by atoms with E-state index in [4.69, 9.17) is 23.7 Å². The Morgan fingerprint density at radius 1 is 0.667 bits per heavy atom. The Labute approximate surface area is 198 Å². The van der Waals surface area contributed by atoms with E-state index in [9.17, 15) is 0 Å². The van der Waals surface area contributed by atoms with Gasteiger partial charge in [0.05, 0.1) is 37.6 Å². The van der Waals surface area contributed by atoms with E-state index in [1.165, 1.54) is 11.1 Å². The van der Waals surface area contributed by atoms with Crippen molar-refractivity contribution in [1.29, 1.82) is 0 Å². The molecule has 2 unspecified atom stereocenters. The summed E-state index contributed by atoms with van der Waals surface area (Å²) in [6, 6.07) is 20.8. The summed E-state index contributed by atoms with van der Waals surface area (Å²) in [7, 11) is 0. The zero-order valence-corrected chi connectivity index (χ0v) is 20.4. The van der Waals surface area contributed by atoms with Gasteiger partial charge in [-0.2, -0.15) is 0 Å². The SMILES string of the molecule is CC1(C)OC(COCc2ccccc2)C[C@H](CC2C[C@H](Cc3ccccc3)OC(C)(C)O2)O1. The third-order valence-corrected chi connectivity index (χ3v) is 6.10. The second-order valence-corrected chi connectivity index (χ2v) is 10.2. The molecule has 2 aliphatic heterocycles. The number of benzene rings is 2. The number of ether oxygens (including phenoxy) is 5. The van der Waals surface area contributed by atoms with E-state index in [1.54, 1.807) is 0 Å². The molecule has 2 aliphatic rings. The molecule has 33 heavy (non-hydrogen) atoms. The van der Waals surface area contributed by atoms with E-state index >= 15 is 0 Å². The lowest BCUT2D eigenvalue weighted by Gasteiger charge is -2.45. The standard InChI is InChI=1S/C28H38O5/c1-27(2)30-23(15-21-11-7-5-8-12-21)16-24(31-27)17-25-18-26(33-28(3,4)32-25)20-29-19-22-13-9-6-10-14-22/h5-14,23-26H,15-20H2,1-4H3/t23-,24?,25-,26?/m0/s1. The van der Waals surface area contributed by atoms with Gasteiger partial charge in [0, 0.05) is 19.3 Å². The highest BCUT2D eigenvalue weighted by Gasteiger charge is 2.40. The second-order valence-electron chi connectivity index (χ2n) is 10.2. The molecular weight excluding hydrogens is 416 g/mol. The van der Waals surface area contributed by atoms with Crippen LogP contribution in [0, 0.1) is 0 Å². The first-order valence-electron chi connectivity index (χ1n) is 12.1. The number of rotatable bonds is 8. The van der Waals surface area contributed by atoms with Gasteiger partial charge < -0.3 is 23.7 Å². The minimum Gasteiger partial charge on any atom is -0.374 e. The molecule has 2 aromatic rings. The summed E-state index contributed by atoms with van der Waals surface area (Å²) in [5.41, 5.74) is 2.46. The van der Waals surface area contributed by atoms with Crippen molar-refractivity contribution in [3.8, 4) is 0 Å². The highest BCUT2D eigenvalue weighted by atomic mass is 16.7. The van der Waals surface area contributed by atoms with E-state index in [0.29, 0.717) is 13.2 Å². The maximum atomic E-state index is 6.31. The molecule has 2 saturated heterocycles. The van der Waals surface area contributed by atoms with Gasteiger partial charge in [0.1, 0.15) is 0 Å². The second kappa shape index (κ2) is 10.7. The summed E-state index contributed by atoms with van der Waals surface area (Å²) in [4.78, 5) is 0. The van der Waals surface area contributed by atoms with Crippen LogP contribution in [0.25, 0.3) is 0 Å². The van der Waals surface area contributed by atoms with E-state index in [1.807, 2.05) is 52.0 Å². The summed E-state index contributed by atoms with van der Waals surface area (Å²) >= 11 is 0. The van der Waals surface area contributed by atoms with Gasteiger partial charge in [-0.3, -0.25) is 0 Å². The molecule has 5 nitrogen and oxygen atoms in total. The van der Waals surface area contributed by atoms with Crippen LogP contribution >= 0.6 is 0 Å². The summed E-state index contributed by atoms with van der Waals surface area (Å²) < 4.78 is 31.0. The van der Waals surface area contributed by atoms with Crippen molar-refractivity contribution in [3.05, 3.63) is 71.8 Å². The average Bonchev–Trinajstić information content (AvgIpc) is 2.73. The van der Waals surface area contributed by atoms with Crippen LogP contribution < -0.4 is 0 Å². The monoisotopic (exact) mass is 454 g/mol. The summed E-state index contributed by atoms with van der Waals surface area (Å²) in [6.07, 6.45) is 3.61. The molecular formula is C28H38O5. The van der Waals surface area contributed by atoms with Crippen LogP contribution in [0.3, 0.4) is 0 Å². The van der Waals surface area contributed by atoms with Gasteiger partial charge in [0.2, 0.25) is 0 Å². The Morgan fingerprint density at radius 2 is 1.15 bits per heavy atom. The van der Waals surface area contributed by atoms with Crippen LogP contribution in [-0.4, -0.2) is 42.6 Å². The van der Waals surface area contributed by atoms with Crippen LogP contribution in [0.2, 0.25) is 0 Å². The van der Waals surface area contributed by atoms with Crippen LogP contribution in [0.5, 0.6) is 0 Å². The molecule has 4 rings (SSSR count). The highest BCUT2D eigenvalue weighted by molar-refractivity contribution is 5.16. The molecule has 5 heteroatoms. The lowest BCUT2D eigenvalue weighted by molar-refractivity contribution is -0.327. The van der Waals surface area contributed by atoms with Crippen molar-refractivity contribution >= 4 is 0 Å². The first-order chi connectivity index (χ1) is 15.8. The molecule has 2 fully saturated rings. The van der Waals surface area contributed by atoms with Crippen molar-refractivity contribution in [2.45, 2.75) is 96.0 Å². The minimum atomic E-state index is -0.645. The maximum Gasteiger partial charge on any atom is 0.163 e. The highest BCUT2D eigenvalue weighted by Crippen LogP contribution is 2.35. The summed E-state index contributed by atoms with van der Waals surface area (Å²) in [5.74, 6) is -1.25. The van der Waals surface area contributed by atoms with Crippen LogP contribution in [-0.2, 0) is 36.7 Å². The third kappa shape index (κ3) is 7.62. The molecule has 0 radical (unpaired) electrons. The number of hydrogen-bond donors (Lipinski definition) is 0. The molecule has 0 spiro atoms. The van der Waals surface area contributed by atoms with Crippen LogP contribution in [0.1, 0.15) is 58.1 Å². The maximum absolute atomic E-state index is 6.31. The van der Waals surface area contributed by atoms with Crippen LogP contribution in [0.15, 0.2) is 60.7 Å². The van der Waals surface area contributed by atoms with Crippen LogP contribution in [0.4, 0.5) is 0 Å². The predicted octanol–water partition coefficient (Wildman–Crippen LogP) is 5.66. The molecule has 2 aromatic carbocycles. The average molecular weight is 455 g/mol. The fraction of sp³-hybridized carbons (Fsp3) is 0.571. The lowest BCUT2D eigenvalue weighted by atomic mass is 9.95. The quantitative estimate of drug-likeness (QED) is 0.515. The normalized spacial score (nSPS) is 29.0. The molecule has 0 bridgehead atoms. The van der Waals surface area contributed by atoms with Gasteiger partial charge in [0.25, 0.3) is 0 Å². The van der Waals surface area contributed by atoms with E-state index < -0.39 is 11.6 Å². The van der Waals surface area contributed by atoms with Gasteiger partial charge in [-0.05, 0) is 45.2 Å². The Bertz CT molecular complexity index is 851. The first-order valence-corrected chi connectivity index (χ1v) is 12.1. The van der Waals surface area contributed by atoms with Gasteiger partial charge in [-0.15, -0.1) is 0 Å². The Hall–Kier alpha value is -1.76. The fourth-order valence-corrected chi connectivity index (χ4v) is 5.01. The third-order valence-electron chi connectivity index (χ3n) is 6.10. The molecule has 0 aliphatic carbocycles. The largest absolute Gasteiger partial charge is 0.374 e. The Balaban J connectivity index is 1.32. The van der Waals surface area contributed by atoms with E-state index in [-0.39, 0.29) is 24.4 Å². The fourth-order valence-electron chi connectivity index (χ4n) is 5.01. The van der Waals surface area contributed by atoms with E-state index in [2.05, 4.69) is 36.4 Å². The molecule has 0 amide bonds. The Morgan fingerprint density at radius 3 is 1.76 bits per heavy atom.